The number of carbonyl (C=O) groups is 2. The van der Waals surface area contributed by atoms with Gasteiger partial charge in [0.2, 0.25) is 0 Å². The second-order valence-corrected chi connectivity index (χ2v) is 6.41. The van der Waals surface area contributed by atoms with E-state index >= 15 is 0 Å². The van der Waals surface area contributed by atoms with Gasteiger partial charge >= 0.3 is 5.97 Å². The zero-order chi connectivity index (χ0) is 17.5. The van der Waals surface area contributed by atoms with Gasteiger partial charge in [-0.15, -0.1) is 11.3 Å². The normalized spacial score (nSPS) is 10.3. The molecule has 0 spiro atoms. The Bertz CT molecular complexity index is 724. The molecule has 5 nitrogen and oxygen atoms in total. The third-order valence-corrected chi connectivity index (χ3v) is 4.86. The van der Waals surface area contributed by atoms with Gasteiger partial charge in [-0.2, -0.15) is 0 Å². The lowest BCUT2D eigenvalue weighted by Crippen LogP contribution is -2.28. The van der Waals surface area contributed by atoms with Crippen molar-refractivity contribution in [1.29, 1.82) is 0 Å². The van der Waals surface area contributed by atoms with Crippen LogP contribution < -0.4 is 10.1 Å². The molecule has 0 bridgehead atoms. The molecule has 1 heterocycles. The first-order valence-electron chi connectivity index (χ1n) is 7.69. The lowest BCUT2D eigenvalue weighted by atomic mass is 10.2. The van der Waals surface area contributed by atoms with Gasteiger partial charge in [0.15, 0.2) is 6.61 Å². The number of esters is 1. The fourth-order valence-corrected chi connectivity index (χ4v) is 3.22. The Kier molecular flexibility index (Phi) is 6.37. The van der Waals surface area contributed by atoms with Gasteiger partial charge < -0.3 is 14.8 Å². The number of methoxy groups -OCH3 is 1. The van der Waals surface area contributed by atoms with Crippen molar-refractivity contribution in [2.75, 3.05) is 13.7 Å². The molecule has 1 aromatic carbocycles. The second-order valence-electron chi connectivity index (χ2n) is 5.27. The molecule has 128 valence electrons. The van der Waals surface area contributed by atoms with E-state index in [1.807, 2.05) is 38.1 Å². The van der Waals surface area contributed by atoms with Gasteiger partial charge in [-0.1, -0.05) is 19.1 Å². The van der Waals surface area contributed by atoms with E-state index in [0.717, 1.165) is 28.2 Å². The van der Waals surface area contributed by atoms with Crippen LogP contribution in [-0.2, 0) is 22.5 Å². The highest BCUT2D eigenvalue weighted by molar-refractivity contribution is 7.14. The molecule has 0 fully saturated rings. The molecular formula is C18H21NO4S. The highest BCUT2D eigenvalue weighted by Crippen LogP contribution is 2.22. The van der Waals surface area contributed by atoms with Crippen LogP contribution in [0.4, 0.5) is 0 Å². The lowest BCUT2D eigenvalue weighted by molar-refractivity contribution is -0.124. The van der Waals surface area contributed by atoms with Crippen molar-refractivity contribution >= 4 is 23.2 Å². The van der Waals surface area contributed by atoms with E-state index < -0.39 is 5.97 Å². The van der Waals surface area contributed by atoms with Crippen molar-refractivity contribution in [1.82, 2.24) is 5.32 Å². The van der Waals surface area contributed by atoms with E-state index in [0.29, 0.717) is 11.4 Å². The molecule has 1 aromatic heterocycles. The number of thiophene rings is 1. The number of ether oxygens (including phenoxy) is 2. The Morgan fingerprint density at radius 2 is 2.04 bits per heavy atom. The summed E-state index contributed by atoms with van der Waals surface area (Å²) in [4.78, 5) is 25.5. The van der Waals surface area contributed by atoms with Crippen LogP contribution in [0.5, 0.6) is 5.75 Å². The van der Waals surface area contributed by atoms with Crippen molar-refractivity contribution < 1.29 is 19.1 Å². The first-order chi connectivity index (χ1) is 11.5. The van der Waals surface area contributed by atoms with Crippen molar-refractivity contribution in [3.8, 4) is 5.75 Å². The zero-order valence-corrected chi connectivity index (χ0v) is 14.9. The topological polar surface area (TPSA) is 64.6 Å². The smallest absolute Gasteiger partial charge is 0.348 e. The number of benzene rings is 1. The van der Waals surface area contributed by atoms with Gasteiger partial charge in [0, 0.05) is 11.4 Å². The zero-order valence-electron chi connectivity index (χ0n) is 14.0. The summed E-state index contributed by atoms with van der Waals surface area (Å²) in [6.45, 7) is 4.07. The van der Waals surface area contributed by atoms with Crippen molar-refractivity contribution in [2.45, 2.75) is 26.8 Å². The SMILES string of the molecule is CCc1sc(C(=O)OCC(=O)NCc2cccc(OC)c2)cc1C. The molecule has 0 aliphatic rings. The highest BCUT2D eigenvalue weighted by atomic mass is 32.1. The van der Waals surface area contributed by atoms with Gasteiger partial charge in [-0.25, -0.2) is 4.79 Å². The molecule has 1 amide bonds. The maximum absolute atomic E-state index is 12.0. The molecule has 0 aliphatic carbocycles. The van der Waals surface area contributed by atoms with E-state index in [2.05, 4.69) is 5.32 Å². The van der Waals surface area contributed by atoms with Gasteiger partial charge in [0.25, 0.3) is 5.91 Å². The van der Waals surface area contributed by atoms with Crippen LogP contribution in [0.25, 0.3) is 0 Å². The highest BCUT2D eigenvalue weighted by Gasteiger charge is 2.14. The van der Waals surface area contributed by atoms with E-state index in [1.54, 1.807) is 13.2 Å². The third-order valence-electron chi connectivity index (χ3n) is 3.50. The van der Waals surface area contributed by atoms with Crippen LogP contribution >= 0.6 is 11.3 Å². The molecular weight excluding hydrogens is 326 g/mol. The summed E-state index contributed by atoms with van der Waals surface area (Å²) >= 11 is 1.41. The van der Waals surface area contributed by atoms with E-state index in [4.69, 9.17) is 9.47 Å². The van der Waals surface area contributed by atoms with Crippen LogP contribution in [0.2, 0.25) is 0 Å². The van der Waals surface area contributed by atoms with Crippen LogP contribution in [0, 0.1) is 6.92 Å². The lowest BCUT2D eigenvalue weighted by Gasteiger charge is -2.07. The maximum Gasteiger partial charge on any atom is 0.348 e. The summed E-state index contributed by atoms with van der Waals surface area (Å²) in [6.07, 6.45) is 0.880. The van der Waals surface area contributed by atoms with Crippen LogP contribution in [0.3, 0.4) is 0 Å². The Labute approximate surface area is 145 Å². The number of rotatable bonds is 7. The predicted octanol–water partition coefficient (Wildman–Crippen LogP) is 3.10. The van der Waals surface area contributed by atoms with Gasteiger partial charge in [0.1, 0.15) is 10.6 Å². The second kappa shape index (κ2) is 8.49. The maximum atomic E-state index is 12.0. The molecule has 24 heavy (non-hydrogen) atoms. The molecule has 0 saturated carbocycles. The minimum absolute atomic E-state index is 0.290. The third kappa shape index (κ3) is 4.83. The summed E-state index contributed by atoms with van der Waals surface area (Å²) in [7, 11) is 1.59. The number of hydrogen-bond acceptors (Lipinski definition) is 5. The molecule has 0 atom stereocenters. The summed E-state index contributed by atoms with van der Waals surface area (Å²) in [5.41, 5.74) is 1.99. The van der Waals surface area contributed by atoms with Gasteiger partial charge in [0.05, 0.1) is 7.11 Å². The minimum Gasteiger partial charge on any atom is -0.497 e. The van der Waals surface area contributed by atoms with Crippen molar-refractivity contribution in [3.05, 3.63) is 51.2 Å². The van der Waals surface area contributed by atoms with E-state index in [9.17, 15) is 9.59 Å². The summed E-state index contributed by atoms with van der Waals surface area (Å²) < 4.78 is 10.2. The Hall–Kier alpha value is -2.34. The standard InChI is InChI=1S/C18H21NO4S/c1-4-15-12(2)8-16(24-15)18(21)23-11-17(20)19-10-13-6-5-7-14(9-13)22-3/h5-9H,4,10-11H2,1-3H3,(H,19,20). The molecule has 0 radical (unpaired) electrons. The number of hydrogen-bond donors (Lipinski definition) is 1. The summed E-state index contributed by atoms with van der Waals surface area (Å²) in [5, 5.41) is 2.72. The molecule has 2 aromatic rings. The molecule has 6 heteroatoms. The first kappa shape index (κ1) is 18.0. The Morgan fingerprint density at radius 3 is 2.71 bits per heavy atom. The first-order valence-corrected chi connectivity index (χ1v) is 8.51. The van der Waals surface area contributed by atoms with Crippen LogP contribution in [0.15, 0.2) is 30.3 Å². The van der Waals surface area contributed by atoms with E-state index in [1.165, 1.54) is 11.3 Å². The number of carbonyl (C=O) groups excluding carboxylic acids is 2. The molecule has 0 saturated heterocycles. The molecule has 0 unspecified atom stereocenters. The van der Waals surface area contributed by atoms with Crippen molar-refractivity contribution in [2.24, 2.45) is 0 Å². The van der Waals surface area contributed by atoms with Crippen LogP contribution in [-0.4, -0.2) is 25.6 Å². The molecule has 0 aliphatic heterocycles. The average Bonchev–Trinajstić information content (AvgIpc) is 2.99. The molecule has 1 N–H and O–H groups in total. The number of aryl methyl sites for hydroxylation is 2. The fourth-order valence-electron chi connectivity index (χ4n) is 2.21. The monoisotopic (exact) mass is 347 g/mol. The fraction of sp³-hybridized carbons (Fsp3) is 0.333. The number of amides is 1. The van der Waals surface area contributed by atoms with Gasteiger partial charge in [-0.05, 0) is 42.7 Å². The average molecular weight is 347 g/mol. The Balaban J connectivity index is 1.80. The summed E-state index contributed by atoms with van der Waals surface area (Å²) in [5.74, 6) is -0.0672. The van der Waals surface area contributed by atoms with Crippen LogP contribution in [0.1, 0.15) is 32.6 Å². The largest absolute Gasteiger partial charge is 0.497 e. The quantitative estimate of drug-likeness (QED) is 0.782. The number of nitrogens with one attached hydrogen (secondary N) is 1. The molecule has 2 rings (SSSR count). The van der Waals surface area contributed by atoms with Gasteiger partial charge in [-0.3, -0.25) is 4.79 Å². The summed E-state index contributed by atoms with van der Waals surface area (Å²) in [6, 6.07) is 9.22. The van der Waals surface area contributed by atoms with E-state index in [-0.39, 0.29) is 12.5 Å². The predicted molar refractivity (Wildman–Crippen MR) is 93.6 cm³/mol. The Morgan fingerprint density at radius 1 is 1.25 bits per heavy atom. The minimum atomic E-state index is -0.459. The van der Waals surface area contributed by atoms with Crippen molar-refractivity contribution in [3.63, 3.8) is 0 Å².